The van der Waals surface area contributed by atoms with Crippen molar-refractivity contribution < 1.29 is 17.9 Å². The molecule has 6 nitrogen and oxygen atoms in total. The largest absolute Gasteiger partial charge is 0.464 e. The molecule has 1 aliphatic heterocycles. The summed E-state index contributed by atoms with van der Waals surface area (Å²) in [7, 11) is -1.99. The molecule has 1 aliphatic carbocycles. The van der Waals surface area contributed by atoms with Crippen LogP contribution in [0.3, 0.4) is 0 Å². The summed E-state index contributed by atoms with van der Waals surface area (Å²) in [6, 6.07) is -0.247. The van der Waals surface area contributed by atoms with Crippen LogP contribution < -0.4 is 0 Å². The van der Waals surface area contributed by atoms with Crippen molar-refractivity contribution in [3.8, 4) is 0 Å². The van der Waals surface area contributed by atoms with Crippen LogP contribution in [0.15, 0.2) is 0 Å². The van der Waals surface area contributed by atoms with Crippen molar-refractivity contribution in [1.29, 1.82) is 0 Å². The molecule has 0 radical (unpaired) electrons. The van der Waals surface area contributed by atoms with E-state index in [0.717, 1.165) is 61.3 Å². The lowest BCUT2D eigenvalue weighted by molar-refractivity contribution is 0.0593. The number of ether oxygens (including phenoxy) is 1. The molecule has 0 N–H and O–H groups in total. The summed E-state index contributed by atoms with van der Waals surface area (Å²) in [4.78, 5) is 17.1. The minimum absolute atomic E-state index is 0.247. The van der Waals surface area contributed by atoms with Crippen LogP contribution in [-0.4, -0.2) is 42.6 Å². The van der Waals surface area contributed by atoms with Gasteiger partial charge < -0.3 is 4.74 Å². The molecule has 25 heavy (non-hydrogen) atoms. The third kappa shape index (κ3) is 3.75. The van der Waals surface area contributed by atoms with Crippen molar-refractivity contribution in [2.75, 3.05) is 13.7 Å². The zero-order valence-electron chi connectivity index (χ0n) is 14.9. The van der Waals surface area contributed by atoms with Crippen LogP contribution in [0.2, 0.25) is 0 Å². The van der Waals surface area contributed by atoms with E-state index in [1.54, 1.807) is 4.31 Å². The number of carbonyl (C=O) groups excluding carboxylic acids is 1. The number of piperidine rings is 1. The Morgan fingerprint density at radius 3 is 2.52 bits per heavy atom. The lowest BCUT2D eigenvalue weighted by Gasteiger charge is -2.37. The summed E-state index contributed by atoms with van der Waals surface area (Å²) in [5.41, 5.74) is 0.308. The van der Waals surface area contributed by atoms with Crippen molar-refractivity contribution in [2.45, 2.75) is 69.6 Å². The Hall–Kier alpha value is -0.990. The summed E-state index contributed by atoms with van der Waals surface area (Å²) < 4.78 is 32.9. The first-order valence-corrected chi connectivity index (χ1v) is 11.3. The predicted octanol–water partition coefficient (Wildman–Crippen LogP) is 3.43. The van der Waals surface area contributed by atoms with E-state index >= 15 is 0 Å². The van der Waals surface area contributed by atoms with E-state index in [0.29, 0.717) is 12.2 Å². The van der Waals surface area contributed by atoms with Crippen LogP contribution >= 0.6 is 11.3 Å². The quantitative estimate of drug-likeness (QED) is 0.741. The number of nitrogens with zero attached hydrogens (tertiary/aromatic N) is 2. The molecular formula is C17H26N2O4S2. The Labute approximate surface area is 153 Å². The van der Waals surface area contributed by atoms with Gasteiger partial charge in [-0.25, -0.2) is 18.2 Å². The summed E-state index contributed by atoms with van der Waals surface area (Å²) in [6.45, 7) is 2.38. The number of thiazole rings is 1. The van der Waals surface area contributed by atoms with E-state index in [4.69, 9.17) is 4.74 Å². The second-order valence-electron chi connectivity index (χ2n) is 6.88. The number of carbonyl (C=O) groups is 1. The number of methoxy groups -OCH3 is 1. The number of sulfonamides is 1. The monoisotopic (exact) mass is 386 g/mol. The van der Waals surface area contributed by atoms with Gasteiger partial charge in [-0.2, -0.15) is 4.31 Å². The van der Waals surface area contributed by atoms with Crippen molar-refractivity contribution in [2.24, 2.45) is 0 Å². The SMILES string of the molecule is COC(=O)c1nc(C2CCCCN2S(=O)(=O)C2CCCCC2)sc1C. The van der Waals surface area contributed by atoms with E-state index in [1.807, 2.05) is 6.92 Å². The van der Waals surface area contributed by atoms with E-state index in [9.17, 15) is 13.2 Å². The van der Waals surface area contributed by atoms with Crippen LogP contribution in [0.5, 0.6) is 0 Å². The highest BCUT2D eigenvalue weighted by Gasteiger charge is 2.40. The standard InChI is InChI=1S/C17H26N2O4S2/c1-12-15(17(20)23-2)18-16(24-12)14-10-6-7-11-19(14)25(21,22)13-8-4-3-5-9-13/h13-14H,3-11H2,1-2H3. The average Bonchev–Trinajstić information content (AvgIpc) is 3.03. The lowest BCUT2D eigenvalue weighted by Crippen LogP contribution is -2.44. The highest BCUT2D eigenvalue weighted by Crippen LogP contribution is 2.39. The van der Waals surface area contributed by atoms with Crippen molar-refractivity contribution in [3.05, 3.63) is 15.6 Å². The molecule has 1 aromatic heterocycles. The summed E-state index contributed by atoms with van der Waals surface area (Å²) >= 11 is 1.41. The Morgan fingerprint density at radius 1 is 1.16 bits per heavy atom. The average molecular weight is 387 g/mol. The minimum atomic E-state index is -3.33. The van der Waals surface area contributed by atoms with Crippen molar-refractivity contribution in [3.63, 3.8) is 0 Å². The molecular weight excluding hydrogens is 360 g/mol. The van der Waals surface area contributed by atoms with Gasteiger partial charge in [0.15, 0.2) is 5.69 Å². The van der Waals surface area contributed by atoms with Gasteiger partial charge in [-0.1, -0.05) is 25.7 Å². The molecule has 2 aliphatic rings. The van der Waals surface area contributed by atoms with Gasteiger partial charge >= 0.3 is 5.97 Å². The third-order valence-corrected chi connectivity index (χ3v) is 8.71. The maximum atomic E-state index is 13.2. The lowest BCUT2D eigenvalue weighted by atomic mass is 10.0. The Kier molecular flexibility index (Phi) is 5.80. The van der Waals surface area contributed by atoms with Crippen molar-refractivity contribution >= 4 is 27.3 Å². The van der Waals surface area contributed by atoms with Crippen LogP contribution in [-0.2, 0) is 14.8 Å². The molecule has 0 amide bonds. The van der Waals surface area contributed by atoms with Gasteiger partial charge in [0.1, 0.15) is 5.01 Å². The third-order valence-electron chi connectivity index (χ3n) is 5.23. The van der Waals surface area contributed by atoms with Gasteiger partial charge in [-0.3, -0.25) is 0 Å². The topological polar surface area (TPSA) is 76.6 Å². The smallest absolute Gasteiger partial charge is 0.357 e. The molecule has 0 bridgehead atoms. The zero-order valence-corrected chi connectivity index (χ0v) is 16.5. The van der Waals surface area contributed by atoms with E-state index in [1.165, 1.54) is 18.4 Å². The van der Waals surface area contributed by atoms with Crippen LogP contribution in [0.4, 0.5) is 0 Å². The van der Waals surface area contributed by atoms with Crippen LogP contribution in [0.1, 0.15) is 77.8 Å². The van der Waals surface area contributed by atoms with Gasteiger partial charge in [-0.05, 0) is 32.6 Å². The highest BCUT2D eigenvalue weighted by molar-refractivity contribution is 7.89. The fraction of sp³-hybridized carbons (Fsp3) is 0.765. The Morgan fingerprint density at radius 2 is 1.84 bits per heavy atom. The van der Waals surface area contributed by atoms with Gasteiger partial charge in [0.25, 0.3) is 0 Å². The number of aromatic nitrogens is 1. The van der Waals surface area contributed by atoms with E-state index < -0.39 is 16.0 Å². The number of hydrogen-bond donors (Lipinski definition) is 0. The van der Waals surface area contributed by atoms with Gasteiger partial charge in [0.05, 0.1) is 18.4 Å². The van der Waals surface area contributed by atoms with Gasteiger partial charge in [-0.15, -0.1) is 11.3 Å². The molecule has 3 rings (SSSR count). The Bertz CT molecular complexity index is 723. The summed E-state index contributed by atoms with van der Waals surface area (Å²) in [5.74, 6) is -0.461. The summed E-state index contributed by atoms with van der Waals surface area (Å²) in [5, 5.41) is 0.458. The molecule has 1 saturated carbocycles. The van der Waals surface area contributed by atoms with Crippen molar-refractivity contribution in [1.82, 2.24) is 9.29 Å². The minimum Gasteiger partial charge on any atom is -0.464 e. The predicted molar refractivity (Wildman–Crippen MR) is 97.3 cm³/mol. The number of esters is 1. The fourth-order valence-electron chi connectivity index (χ4n) is 3.86. The fourth-order valence-corrected chi connectivity index (χ4v) is 7.24. The first kappa shape index (κ1) is 18.8. The van der Waals surface area contributed by atoms with Gasteiger partial charge in [0, 0.05) is 11.4 Å². The maximum Gasteiger partial charge on any atom is 0.357 e. The number of rotatable bonds is 4. The normalized spacial score (nSPS) is 23.5. The highest BCUT2D eigenvalue weighted by atomic mass is 32.2. The molecule has 140 valence electrons. The molecule has 2 heterocycles. The molecule has 1 saturated heterocycles. The molecule has 1 aromatic rings. The molecule has 2 fully saturated rings. The van der Waals surface area contributed by atoms with E-state index in [-0.39, 0.29) is 11.3 Å². The first-order chi connectivity index (χ1) is 11.9. The second-order valence-corrected chi connectivity index (χ2v) is 10.3. The van der Waals surface area contributed by atoms with Crippen LogP contribution in [0.25, 0.3) is 0 Å². The second kappa shape index (κ2) is 7.72. The number of hydrogen-bond acceptors (Lipinski definition) is 6. The summed E-state index contributed by atoms with van der Waals surface area (Å²) in [6.07, 6.45) is 7.26. The van der Waals surface area contributed by atoms with Crippen LogP contribution in [0, 0.1) is 6.92 Å². The Balaban J connectivity index is 1.90. The molecule has 1 unspecified atom stereocenters. The molecule has 8 heteroatoms. The van der Waals surface area contributed by atoms with Gasteiger partial charge in [0.2, 0.25) is 10.0 Å². The molecule has 0 spiro atoms. The maximum absolute atomic E-state index is 13.2. The van der Waals surface area contributed by atoms with E-state index in [2.05, 4.69) is 4.98 Å². The zero-order chi connectivity index (χ0) is 18.0. The number of aryl methyl sites for hydroxylation is 1. The molecule has 1 atom stereocenters. The first-order valence-electron chi connectivity index (χ1n) is 9.01. The molecule has 0 aromatic carbocycles.